The van der Waals surface area contributed by atoms with Crippen LogP contribution >= 0.6 is 0 Å². The second kappa shape index (κ2) is 9.12. The number of hydrogen-bond donors (Lipinski definition) is 1. The summed E-state index contributed by atoms with van der Waals surface area (Å²) in [5.41, 5.74) is 3.92. The molecule has 0 saturated carbocycles. The van der Waals surface area contributed by atoms with Crippen LogP contribution < -0.4 is 15.2 Å². The van der Waals surface area contributed by atoms with E-state index in [1.807, 2.05) is 42.2 Å². The molecule has 1 aliphatic heterocycles. The lowest BCUT2D eigenvalue weighted by Gasteiger charge is -2.22. The average molecular weight is 487 g/mol. The van der Waals surface area contributed by atoms with E-state index >= 15 is 0 Å². The summed E-state index contributed by atoms with van der Waals surface area (Å²) in [4.78, 5) is 24.8. The molecule has 1 aliphatic rings. The molecule has 1 aromatic carbocycles. The van der Waals surface area contributed by atoms with Gasteiger partial charge in [-0.25, -0.2) is 9.78 Å². The monoisotopic (exact) mass is 486 g/mol. The van der Waals surface area contributed by atoms with Crippen LogP contribution in [0.25, 0.3) is 38.9 Å². The molecule has 0 spiro atoms. The largest absolute Gasteiger partial charge is 0.495 e. The van der Waals surface area contributed by atoms with Crippen molar-refractivity contribution in [3.05, 3.63) is 59.5 Å². The number of nitrogens with zero attached hydrogens (tertiary/aromatic N) is 5. The van der Waals surface area contributed by atoms with E-state index in [0.717, 1.165) is 48.1 Å². The van der Waals surface area contributed by atoms with Crippen molar-refractivity contribution in [1.29, 1.82) is 0 Å². The lowest BCUT2D eigenvalue weighted by molar-refractivity contribution is 0.0662. The van der Waals surface area contributed by atoms with Crippen LogP contribution in [0.1, 0.15) is 25.8 Å². The number of imidazole rings is 1. The van der Waals surface area contributed by atoms with Crippen LogP contribution in [0.3, 0.4) is 0 Å². The minimum absolute atomic E-state index is 0.301. The molecule has 5 heterocycles. The number of pyridine rings is 2. The number of H-pyrrole nitrogens is 1. The first kappa shape index (κ1) is 22.3. The third-order valence-corrected chi connectivity index (χ3v) is 6.58. The van der Waals surface area contributed by atoms with Crippen LogP contribution in [-0.2, 0) is 4.74 Å². The van der Waals surface area contributed by atoms with Gasteiger partial charge < -0.3 is 14.2 Å². The number of nitrogens with one attached hydrogen (secondary N) is 1. The second-order valence-electron chi connectivity index (χ2n) is 8.66. The fourth-order valence-corrected chi connectivity index (χ4v) is 4.87. The molecular formula is C26H26N6O4. The summed E-state index contributed by atoms with van der Waals surface area (Å²) in [7, 11) is 1.64. The van der Waals surface area contributed by atoms with Crippen LogP contribution in [0, 0.1) is 0 Å². The number of hydrogen-bond acceptors (Lipinski definition) is 7. The van der Waals surface area contributed by atoms with E-state index in [4.69, 9.17) is 14.2 Å². The number of benzene rings is 1. The van der Waals surface area contributed by atoms with Gasteiger partial charge in [0.25, 0.3) is 0 Å². The zero-order valence-corrected chi connectivity index (χ0v) is 20.1. The molecule has 184 valence electrons. The Balaban J connectivity index is 1.49. The van der Waals surface area contributed by atoms with Crippen molar-refractivity contribution in [2.45, 2.75) is 25.8 Å². The molecule has 10 heteroatoms. The number of methoxy groups -OCH3 is 1. The van der Waals surface area contributed by atoms with Crippen molar-refractivity contribution < 1.29 is 14.2 Å². The lowest BCUT2D eigenvalue weighted by Crippen LogP contribution is -2.19. The van der Waals surface area contributed by atoms with Gasteiger partial charge in [-0.2, -0.15) is 5.10 Å². The van der Waals surface area contributed by atoms with E-state index in [2.05, 4.69) is 20.1 Å². The van der Waals surface area contributed by atoms with Crippen LogP contribution in [0.5, 0.6) is 11.5 Å². The highest BCUT2D eigenvalue weighted by molar-refractivity contribution is 5.93. The highest BCUT2D eigenvalue weighted by Crippen LogP contribution is 2.37. The molecule has 6 rings (SSSR count). The Morgan fingerprint density at radius 1 is 1.17 bits per heavy atom. The van der Waals surface area contributed by atoms with Crippen molar-refractivity contribution in [3.8, 4) is 28.3 Å². The van der Waals surface area contributed by atoms with Crippen molar-refractivity contribution >= 4 is 22.1 Å². The van der Waals surface area contributed by atoms with Crippen LogP contribution in [0.4, 0.5) is 0 Å². The highest BCUT2D eigenvalue weighted by atomic mass is 16.5. The lowest BCUT2D eigenvalue weighted by atomic mass is 10.1. The zero-order valence-electron chi connectivity index (χ0n) is 20.1. The summed E-state index contributed by atoms with van der Waals surface area (Å²) in [5.74, 6) is 1.25. The number of rotatable bonds is 6. The van der Waals surface area contributed by atoms with E-state index in [9.17, 15) is 4.79 Å². The van der Waals surface area contributed by atoms with Crippen molar-refractivity contribution in [3.63, 3.8) is 0 Å². The maximum absolute atomic E-state index is 13.0. The number of ether oxygens (including phenoxy) is 3. The van der Waals surface area contributed by atoms with Gasteiger partial charge in [0.1, 0.15) is 17.0 Å². The van der Waals surface area contributed by atoms with Gasteiger partial charge in [0.2, 0.25) is 0 Å². The molecule has 0 bridgehead atoms. The first-order valence-corrected chi connectivity index (χ1v) is 12.0. The highest BCUT2D eigenvalue weighted by Gasteiger charge is 2.20. The summed E-state index contributed by atoms with van der Waals surface area (Å²) >= 11 is 0. The zero-order chi connectivity index (χ0) is 24.6. The Hall–Kier alpha value is -4.18. The van der Waals surface area contributed by atoms with Crippen LogP contribution in [0.2, 0.25) is 0 Å². The Labute approximate surface area is 206 Å². The predicted molar refractivity (Wildman–Crippen MR) is 135 cm³/mol. The van der Waals surface area contributed by atoms with Gasteiger partial charge in [-0.15, -0.1) is 0 Å². The first-order valence-electron chi connectivity index (χ1n) is 12.0. The average Bonchev–Trinajstić information content (AvgIpc) is 3.53. The van der Waals surface area contributed by atoms with Crippen LogP contribution in [-0.4, -0.2) is 56.2 Å². The molecule has 0 atom stereocenters. The number of fused-ring (bicyclic) bond motifs is 2. The normalized spacial score (nSPS) is 14.5. The van der Waals surface area contributed by atoms with Crippen molar-refractivity contribution in [1.82, 2.24) is 29.3 Å². The summed E-state index contributed by atoms with van der Waals surface area (Å²) in [6.45, 7) is 3.87. The van der Waals surface area contributed by atoms with E-state index in [-0.39, 0.29) is 5.69 Å². The fourth-order valence-electron chi connectivity index (χ4n) is 4.87. The molecule has 1 N–H and O–H groups in total. The van der Waals surface area contributed by atoms with Crippen molar-refractivity contribution in [2.75, 3.05) is 26.9 Å². The maximum atomic E-state index is 13.0. The molecule has 0 unspecified atom stereocenters. The molecule has 0 aliphatic carbocycles. The molecule has 0 amide bonds. The molecule has 10 nitrogen and oxygen atoms in total. The predicted octanol–water partition coefficient (Wildman–Crippen LogP) is 3.88. The van der Waals surface area contributed by atoms with Gasteiger partial charge in [0.15, 0.2) is 5.65 Å². The van der Waals surface area contributed by atoms with E-state index in [1.165, 1.54) is 0 Å². The topological polar surface area (TPSA) is 109 Å². The standard InChI is InChI=1S/C26H26N6O4/c1-3-36-22-6-9-27-25-23(22)32(26(33)30-25)18-4-5-21-19(12-18)24(34-2)20(14-28-21)16-13-29-31(15-16)17-7-10-35-11-8-17/h4-6,9,12-15,17H,3,7-8,10-11H2,1-2H3,(H,27,30,33). The minimum Gasteiger partial charge on any atom is -0.495 e. The molecule has 5 aromatic rings. The fraction of sp³-hybridized carbons (Fsp3) is 0.308. The van der Waals surface area contributed by atoms with Gasteiger partial charge in [0.05, 0.1) is 37.2 Å². The molecule has 36 heavy (non-hydrogen) atoms. The van der Waals surface area contributed by atoms with E-state index < -0.39 is 0 Å². The SMILES string of the molecule is CCOc1ccnc2[nH]c(=O)n(-c3ccc4ncc(-c5cnn(C6CCOCC6)c5)c(OC)c4c3)c12. The molecular weight excluding hydrogens is 460 g/mol. The summed E-state index contributed by atoms with van der Waals surface area (Å²) in [6.07, 6.45) is 9.18. The van der Waals surface area contributed by atoms with Gasteiger partial charge in [-0.3, -0.25) is 19.2 Å². The Morgan fingerprint density at radius 2 is 2.03 bits per heavy atom. The summed E-state index contributed by atoms with van der Waals surface area (Å²) < 4.78 is 20.7. The molecule has 4 aromatic heterocycles. The van der Waals surface area contributed by atoms with Crippen LogP contribution in [0.15, 0.2) is 53.8 Å². The van der Waals surface area contributed by atoms with Gasteiger partial charge in [-0.1, -0.05) is 0 Å². The Morgan fingerprint density at radius 3 is 2.83 bits per heavy atom. The Bertz CT molecular complexity index is 1610. The summed E-state index contributed by atoms with van der Waals surface area (Å²) in [6, 6.07) is 7.72. The first-order chi connectivity index (χ1) is 17.7. The van der Waals surface area contributed by atoms with Gasteiger partial charge >= 0.3 is 5.69 Å². The van der Waals surface area contributed by atoms with Crippen molar-refractivity contribution in [2.24, 2.45) is 0 Å². The van der Waals surface area contributed by atoms with E-state index in [0.29, 0.717) is 41.0 Å². The molecule has 0 radical (unpaired) electrons. The smallest absolute Gasteiger partial charge is 0.332 e. The van der Waals surface area contributed by atoms with Gasteiger partial charge in [-0.05, 0) is 38.0 Å². The third kappa shape index (κ3) is 3.70. The van der Waals surface area contributed by atoms with Gasteiger partial charge in [0, 0.05) is 54.4 Å². The third-order valence-electron chi connectivity index (χ3n) is 6.58. The summed E-state index contributed by atoms with van der Waals surface area (Å²) in [5, 5.41) is 5.40. The number of aromatic amines is 1. The maximum Gasteiger partial charge on any atom is 0.332 e. The quantitative estimate of drug-likeness (QED) is 0.388. The molecule has 1 saturated heterocycles. The molecule has 1 fully saturated rings. The van der Waals surface area contributed by atoms with E-state index in [1.54, 1.807) is 30.1 Å². The second-order valence-corrected chi connectivity index (χ2v) is 8.66. The number of aromatic nitrogens is 6. The minimum atomic E-state index is -0.301. The Kier molecular flexibility index (Phi) is 5.65.